The molecule has 0 spiro atoms. The topological polar surface area (TPSA) is 91.0 Å². The summed E-state index contributed by atoms with van der Waals surface area (Å²) in [6.45, 7) is 5.99. The molecule has 4 N–H and O–H groups in total. The highest BCUT2D eigenvalue weighted by Gasteiger charge is 2.27. The number of hydrogen-bond acceptors (Lipinski definition) is 5. The highest BCUT2D eigenvalue weighted by molar-refractivity contribution is 5.12. The van der Waals surface area contributed by atoms with Crippen LogP contribution >= 0.6 is 0 Å². The summed E-state index contributed by atoms with van der Waals surface area (Å²) in [7, 11) is 0. The van der Waals surface area contributed by atoms with Gasteiger partial charge in [-0.3, -0.25) is 0 Å². The van der Waals surface area contributed by atoms with Gasteiger partial charge in [-0.05, 0) is 10.6 Å². The van der Waals surface area contributed by atoms with Crippen molar-refractivity contribution in [1.82, 2.24) is 10.1 Å². The number of anilines is 1. The zero-order chi connectivity index (χ0) is 9.35. The number of nitrogen functional groups attached to an aromatic ring is 1. The van der Waals surface area contributed by atoms with Crippen LogP contribution in [0.3, 0.4) is 0 Å². The van der Waals surface area contributed by atoms with Crippen LogP contribution in [0.1, 0.15) is 32.7 Å². The molecule has 0 bridgehead atoms. The van der Waals surface area contributed by atoms with Crippen LogP contribution in [-0.4, -0.2) is 10.1 Å². The van der Waals surface area contributed by atoms with Gasteiger partial charge in [0.05, 0.1) is 6.04 Å². The Balaban J connectivity index is 2.85. The molecule has 5 nitrogen and oxygen atoms in total. The Hall–Kier alpha value is -1.10. The van der Waals surface area contributed by atoms with E-state index in [2.05, 4.69) is 10.1 Å². The number of hydrogen-bond donors (Lipinski definition) is 2. The molecular formula is C7H14N4O. The van der Waals surface area contributed by atoms with Crippen LogP contribution in [0.5, 0.6) is 0 Å². The molecule has 1 unspecified atom stereocenters. The minimum atomic E-state index is -0.276. The Kier molecular flexibility index (Phi) is 2.06. The highest BCUT2D eigenvalue weighted by atomic mass is 16.5. The fraction of sp³-hybridized carbons (Fsp3) is 0.714. The second-order valence-electron chi connectivity index (χ2n) is 3.83. The lowest BCUT2D eigenvalue weighted by atomic mass is 9.87. The Labute approximate surface area is 71.1 Å². The lowest BCUT2D eigenvalue weighted by Crippen LogP contribution is -2.26. The third kappa shape index (κ3) is 1.73. The predicted molar refractivity (Wildman–Crippen MR) is 45.1 cm³/mol. The normalized spacial score (nSPS) is 14.7. The Bertz CT molecular complexity index is 263. The molecule has 0 aromatic carbocycles. The number of nitrogens with two attached hydrogens (primary N) is 2. The van der Waals surface area contributed by atoms with Crippen LogP contribution in [0, 0.1) is 5.41 Å². The summed E-state index contributed by atoms with van der Waals surface area (Å²) in [4.78, 5) is 3.85. The minimum Gasteiger partial charge on any atom is -0.365 e. The molecule has 0 saturated heterocycles. The quantitative estimate of drug-likeness (QED) is 0.647. The van der Waals surface area contributed by atoms with E-state index in [1.807, 2.05) is 20.8 Å². The van der Waals surface area contributed by atoms with Crippen LogP contribution in [0.4, 0.5) is 5.95 Å². The summed E-state index contributed by atoms with van der Waals surface area (Å²) < 4.78 is 4.84. The van der Waals surface area contributed by atoms with Crippen molar-refractivity contribution in [2.45, 2.75) is 26.8 Å². The van der Waals surface area contributed by atoms with Crippen molar-refractivity contribution >= 4 is 5.95 Å². The van der Waals surface area contributed by atoms with Crippen molar-refractivity contribution < 1.29 is 4.52 Å². The number of nitrogens with zero attached hydrogens (tertiary/aromatic N) is 2. The molecule has 12 heavy (non-hydrogen) atoms. The fourth-order valence-corrected chi connectivity index (χ4v) is 0.744. The molecule has 1 atom stereocenters. The van der Waals surface area contributed by atoms with Crippen molar-refractivity contribution in [1.29, 1.82) is 0 Å². The van der Waals surface area contributed by atoms with E-state index in [0.717, 1.165) is 0 Å². The van der Waals surface area contributed by atoms with Crippen molar-refractivity contribution in [3.05, 3.63) is 5.89 Å². The predicted octanol–water partition coefficient (Wildman–Crippen LogP) is 0.698. The van der Waals surface area contributed by atoms with Crippen LogP contribution in [0.15, 0.2) is 4.52 Å². The average molecular weight is 170 g/mol. The standard InChI is InChI=1S/C7H14N4O/c1-7(2,3)4(8)5-10-6(9)11-12-5/h4H,8H2,1-3H3,(H2,9,11). The first-order valence-corrected chi connectivity index (χ1v) is 3.76. The van der Waals surface area contributed by atoms with Gasteiger partial charge in [-0.15, -0.1) is 0 Å². The van der Waals surface area contributed by atoms with Crippen LogP contribution < -0.4 is 11.5 Å². The lowest BCUT2D eigenvalue weighted by Gasteiger charge is -2.23. The van der Waals surface area contributed by atoms with Gasteiger partial charge in [0.25, 0.3) is 5.95 Å². The maximum absolute atomic E-state index is 5.83. The van der Waals surface area contributed by atoms with Crippen molar-refractivity contribution in [2.24, 2.45) is 11.1 Å². The second-order valence-corrected chi connectivity index (χ2v) is 3.83. The maximum Gasteiger partial charge on any atom is 0.260 e. The zero-order valence-electron chi connectivity index (χ0n) is 7.53. The molecule has 0 aliphatic heterocycles. The first kappa shape index (κ1) is 8.99. The Morgan fingerprint density at radius 1 is 1.42 bits per heavy atom. The minimum absolute atomic E-state index is 0.0982. The third-order valence-corrected chi connectivity index (χ3v) is 1.66. The second kappa shape index (κ2) is 2.75. The molecule has 0 aliphatic carbocycles. The van der Waals surface area contributed by atoms with Gasteiger partial charge in [0.15, 0.2) is 0 Å². The monoisotopic (exact) mass is 170 g/mol. The summed E-state index contributed by atoms with van der Waals surface area (Å²) in [5, 5.41) is 3.46. The van der Waals surface area contributed by atoms with E-state index in [9.17, 15) is 0 Å². The summed E-state index contributed by atoms with van der Waals surface area (Å²) in [6.07, 6.45) is 0. The smallest absolute Gasteiger partial charge is 0.260 e. The molecule has 0 aliphatic rings. The van der Waals surface area contributed by atoms with E-state index < -0.39 is 0 Å². The summed E-state index contributed by atoms with van der Waals surface area (Å²) in [5.41, 5.74) is 11.0. The number of rotatable bonds is 1. The first-order chi connectivity index (χ1) is 5.41. The third-order valence-electron chi connectivity index (χ3n) is 1.66. The number of aromatic nitrogens is 2. The van der Waals surface area contributed by atoms with E-state index >= 15 is 0 Å². The van der Waals surface area contributed by atoms with E-state index in [-0.39, 0.29) is 17.4 Å². The van der Waals surface area contributed by atoms with Crippen molar-refractivity contribution in [3.8, 4) is 0 Å². The molecule has 1 heterocycles. The average Bonchev–Trinajstić information content (AvgIpc) is 2.32. The SMILES string of the molecule is CC(C)(C)C(N)c1nc(N)no1. The maximum atomic E-state index is 5.83. The molecule has 0 fully saturated rings. The van der Waals surface area contributed by atoms with Gasteiger partial charge in [0.2, 0.25) is 5.89 Å². The van der Waals surface area contributed by atoms with Crippen molar-refractivity contribution in [3.63, 3.8) is 0 Å². The summed E-state index contributed by atoms with van der Waals surface area (Å²) >= 11 is 0. The zero-order valence-corrected chi connectivity index (χ0v) is 7.53. The molecule has 0 amide bonds. The molecule has 68 valence electrons. The van der Waals surface area contributed by atoms with Crippen LogP contribution in [-0.2, 0) is 0 Å². The van der Waals surface area contributed by atoms with E-state index in [1.165, 1.54) is 0 Å². The molecule has 1 aromatic rings. The van der Waals surface area contributed by atoms with E-state index in [4.69, 9.17) is 16.0 Å². The Morgan fingerprint density at radius 2 is 2.00 bits per heavy atom. The van der Waals surface area contributed by atoms with Gasteiger partial charge < -0.3 is 16.0 Å². The van der Waals surface area contributed by atoms with Crippen LogP contribution in [0.25, 0.3) is 0 Å². The summed E-state index contributed by atoms with van der Waals surface area (Å²) in [6, 6.07) is -0.276. The van der Waals surface area contributed by atoms with E-state index in [1.54, 1.807) is 0 Å². The molecule has 0 saturated carbocycles. The van der Waals surface area contributed by atoms with Gasteiger partial charge in [-0.2, -0.15) is 4.98 Å². The largest absolute Gasteiger partial charge is 0.365 e. The van der Waals surface area contributed by atoms with Gasteiger partial charge in [-0.1, -0.05) is 20.8 Å². The summed E-state index contributed by atoms with van der Waals surface area (Å²) in [5.74, 6) is 0.518. The molecule has 0 radical (unpaired) electrons. The molecule has 1 aromatic heterocycles. The molecule has 5 heteroatoms. The van der Waals surface area contributed by atoms with Gasteiger partial charge in [0, 0.05) is 0 Å². The van der Waals surface area contributed by atoms with Crippen LogP contribution in [0.2, 0.25) is 0 Å². The van der Waals surface area contributed by atoms with Gasteiger partial charge in [-0.25, -0.2) is 0 Å². The van der Waals surface area contributed by atoms with E-state index in [0.29, 0.717) is 5.89 Å². The first-order valence-electron chi connectivity index (χ1n) is 3.76. The highest BCUT2D eigenvalue weighted by Crippen LogP contribution is 2.29. The van der Waals surface area contributed by atoms with Gasteiger partial charge >= 0.3 is 0 Å². The molecule has 1 rings (SSSR count). The Morgan fingerprint density at radius 3 is 2.33 bits per heavy atom. The fourth-order valence-electron chi connectivity index (χ4n) is 0.744. The molecular weight excluding hydrogens is 156 g/mol. The van der Waals surface area contributed by atoms with Gasteiger partial charge in [0.1, 0.15) is 0 Å². The van der Waals surface area contributed by atoms with Crippen molar-refractivity contribution in [2.75, 3.05) is 5.73 Å². The lowest BCUT2D eigenvalue weighted by molar-refractivity contribution is 0.253.